The molecule has 1 aromatic rings. The van der Waals surface area contributed by atoms with Crippen molar-refractivity contribution in [2.45, 2.75) is 44.6 Å². The highest BCUT2D eigenvalue weighted by molar-refractivity contribution is 7.09. The minimum atomic E-state index is -0.226. The molecule has 0 saturated heterocycles. The van der Waals surface area contributed by atoms with Gasteiger partial charge in [-0.1, -0.05) is 18.9 Å². The molecular formula is C14H21NO2S. The molecule has 100 valence electrons. The molecular weight excluding hydrogens is 246 g/mol. The summed E-state index contributed by atoms with van der Waals surface area (Å²) in [5.41, 5.74) is 0. The first-order valence-corrected chi connectivity index (χ1v) is 7.61. The predicted molar refractivity (Wildman–Crippen MR) is 73.6 cm³/mol. The zero-order valence-corrected chi connectivity index (χ0v) is 11.4. The lowest BCUT2D eigenvalue weighted by molar-refractivity contribution is -0.121. The predicted octanol–water partition coefficient (Wildman–Crippen LogP) is 2.35. The van der Waals surface area contributed by atoms with Crippen LogP contribution in [0.2, 0.25) is 0 Å². The first-order chi connectivity index (χ1) is 8.75. The number of thiophene rings is 1. The second-order valence-electron chi connectivity index (χ2n) is 5.00. The number of aryl methyl sites for hydroxylation is 1. The van der Waals surface area contributed by atoms with Crippen LogP contribution >= 0.6 is 11.3 Å². The van der Waals surface area contributed by atoms with E-state index in [0.29, 0.717) is 13.0 Å². The Morgan fingerprint density at radius 1 is 1.44 bits per heavy atom. The molecule has 2 atom stereocenters. The van der Waals surface area contributed by atoms with E-state index < -0.39 is 0 Å². The SMILES string of the molecule is O=C(CCc1cccs1)NCC1CCCCC1O. The van der Waals surface area contributed by atoms with Gasteiger partial charge in [-0.25, -0.2) is 0 Å². The lowest BCUT2D eigenvalue weighted by atomic mass is 9.86. The summed E-state index contributed by atoms with van der Waals surface area (Å²) in [5.74, 6) is 0.352. The van der Waals surface area contributed by atoms with Crippen LogP contribution in [0.15, 0.2) is 17.5 Å². The molecule has 4 heteroatoms. The summed E-state index contributed by atoms with van der Waals surface area (Å²) in [5, 5.41) is 14.8. The summed E-state index contributed by atoms with van der Waals surface area (Å²) in [4.78, 5) is 13.0. The molecule has 0 aliphatic heterocycles. The van der Waals surface area contributed by atoms with E-state index in [9.17, 15) is 9.90 Å². The molecule has 1 aliphatic rings. The van der Waals surface area contributed by atoms with Gasteiger partial charge in [0.2, 0.25) is 5.91 Å². The van der Waals surface area contributed by atoms with E-state index in [0.717, 1.165) is 25.7 Å². The third kappa shape index (κ3) is 4.10. The Hall–Kier alpha value is -0.870. The number of hydrogen-bond donors (Lipinski definition) is 2. The zero-order valence-electron chi connectivity index (χ0n) is 10.6. The molecule has 3 nitrogen and oxygen atoms in total. The smallest absolute Gasteiger partial charge is 0.220 e. The molecule has 0 radical (unpaired) electrons. The molecule has 1 aliphatic carbocycles. The maximum atomic E-state index is 11.7. The molecule has 1 amide bonds. The van der Waals surface area contributed by atoms with Gasteiger partial charge in [0.1, 0.15) is 0 Å². The lowest BCUT2D eigenvalue weighted by Crippen LogP contribution is -2.36. The topological polar surface area (TPSA) is 49.3 Å². The van der Waals surface area contributed by atoms with Crippen LogP contribution in [0.4, 0.5) is 0 Å². The molecule has 1 fully saturated rings. The van der Waals surface area contributed by atoms with Crippen molar-refractivity contribution in [1.82, 2.24) is 5.32 Å². The zero-order chi connectivity index (χ0) is 12.8. The third-order valence-corrected chi connectivity index (χ3v) is 4.55. The van der Waals surface area contributed by atoms with E-state index in [1.807, 2.05) is 11.4 Å². The molecule has 2 unspecified atom stereocenters. The van der Waals surface area contributed by atoms with Crippen molar-refractivity contribution in [1.29, 1.82) is 0 Å². The van der Waals surface area contributed by atoms with Crippen molar-refractivity contribution in [2.24, 2.45) is 5.92 Å². The molecule has 1 saturated carbocycles. The minimum absolute atomic E-state index is 0.0983. The average Bonchev–Trinajstić information content (AvgIpc) is 2.88. The fourth-order valence-electron chi connectivity index (χ4n) is 2.45. The van der Waals surface area contributed by atoms with Gasteiger partial charge >= 0.3 is 0 Å². The van der Waals surface area contributed by atoms with Gasteiger partial charge in [0.15, 0.2) is 0 Å². The summed E-state index contributed by atoms with van der Waals surface area (Å²) in [6.45, 7) is 0.629. The van der Waals surface area contributed by atoms with Crippen LogP contribution in [0.5, 0.6) is 0 Å². The summed E-state index contributed by atoms with van der Waals surface area (Å²) in [6, 6.07) is 4.07. The fourth-order valence-corrected chi connectivity index (χ4v) is 3.16. The first-order valence-electron chi connectivity index (χ1n) is 6.73. The number of amides is 1. The van der Waals surface area contributed by atoms with Crippen molar-refractivity contribution < 1.29 is 9.90 Å². The molecule has 1 heterocycles. The molecule has 2 N–H and O–H groups in total. The van der Waals surface area contributed by atoms with Gasteiger partial charge in [-0.2, -0.15) is 0 Å². The van der Waals surface area contributed by atoms with E-state index in [2.05, 4.69) is 11.4 Å². The standard InChI is InChI=1S/C14H21NO2S/c16-13-6-2-1-4-11(13)10-15-14(17)8-7-12-5-3-9-18-12/h3,5,9,11,13,16H,1-2,4,6-8,10H2,(H,15,17). The number of aliphatic hydroxyl groups is 1. The first kappa shape index (κ1) is 13.6. The minimum Gasteiger partial charge on any atom is -0.393 e. The van der Waals surface area contributed by atoms with Crippen LogP contribution in [0, 0.1) is 5.92 Å². The number of hydrogen-bond acceptors (Lipinski definition) is 3. The van der Waals surface area contributed by atoms with Crippen LogP contribution in [-0.2, 0) is 11.2 Å². The van der Waals surface area contributed by atoms with E-state index >= 15 is 0 Å². The molecule has 2 rings (SSSR count). The maximum absolute atomic E-state index is 11.7. The van der Waals surface area contributed by atoms with Gasteiger partial charge in [-0.3, -0.25) is 4.79 Å². The Morgan fingerprint density at radius 2 is 2.28 bits per heavy atom. The van der Waals surface area contributed by atoms with Gasteiger partial charge in [-0.05, 0) is 30.7 Å². The Labute approximate surface area is 112 Å². The molecule has 0 spiro atoms. The number of carbonyl (C=O) groups is 1. The Kier molecular flexibility index (Phi) is 5.20. The second-order valence-corrected chi connectivity index (χ2v) is 6.03. The van der Waals surface area contributed by atoms with Crippen LogP contribution in [0.1, 0.15) is 37.0 Å². The average molecular weight is 267 g/mol. The second kappa shape index (κ2) is 6.90. The van der Waals surface area contributed by atoms with E-state index in [4.69, 9.17) is 0 Å². The highest BCUT2D eigenvalue weighted by Gasteiger charge is 2.23. The van der Waals surface area contributed by atoms with Crippen LogP contribution in [0.25, 0.3) is 0 Å². The number of carbonyl (C=O) groups excluding carboxylic acids is 1. The van der Waals surface area contributed by atoms with E-state index in [1.165, 1.54) is 11.3 Å². The summed E-state index contributed by atoms with van der Waals surface area (Å²) < 4.78 is 0. The van der Waals surface area contributed by atoms with Crippen molar-refractivity contribution in [3.63, 3.8) is 0 Å². The largest absolute Gasteiger partial charge is 0.393 e. The Morgan fingerprint density at radius 3 is 3.00 bits per heavy atom. The molecule has 18 heavy (non-hydrogen) atoms. The van der Waals surface area contributed by atoms with Gasteiger partial charge in [0.05, 0.1) is 6.10 Å². The molecule has 0 bridgehead atoms. The van der Waals surface area contributed by atoms with Crippen LogP contribution in [0.3, 0.4) is 0 Å². The van der Waals surface area contributed by atoms with Crippen molar-refractivity contribution in [3.8, 4) is 0 Å². The Bertz CT molecular complexity index is 364. The summed E-state index contributed by atoms with van der Waals surface area (Å²) in [7, 11) is 0. The van der Waals surface area contributed by atoms with E-state index in [-0.39, 0.29) is 17.9 Å². The normalized spacial score (nSPS) is 23.8. The van der Waals surface area contributed by atoms with Crippen molar-refractivity contribution in [3.05, 3.63) is 22.4 Å². The van der Waals surface area contributed by atoms with Crippen molar-refractivity contribution >= 4 is 17.2 Å². The Balaban J connectivity index is 1.65. The summed E-state index contributed by atoms with van der Waals surface area (Å²) >= 11 is 1.69. The maximum Gasteiger partial charge on any atom is 0.220 e. The van der Waals surface area contributed by atoms with Crippen LogP contribution in [-0.4, -0.2) is 23.7 Å². The summed E-state index contributed by atoms with van der Waals surface area (Å²) in [6.07, 6.45) is 5.34. The number of rotatable bonds is 5. The van der Waals surface area contributed by atoms with Gasteiger partial charge in [0.25, 0.3) is 0 Å². The fraction of sp³-hybridized carbons (Fsp3) is 0.643. The molecule has 1 aromatic heterocycles. The van der Waals surface area contributed by atoms with Gasteiger partial charge in [0, 0.05) is 23.8 Å². The molecule has 0 aromatic carbocycles. The number of aliphatic hydroxyl groups excluding tert-OH is 1. The van der Waals surface area contributed by atoms with Gasteiger partial charge < -0.3 is 10.4 Å². The van der Waals surface area contributed by atoms with Gasteiger partial charge in [-0.15, -0.1) is 11.3 Å². The van der Waals surface area contributed by atoms with Crippen LogP contribution < -0.4 is 5.32 Å². The highest BCUT2D eigenvalue weighted by Crippen LogP contribution is 2.23. The third-order valence-electron chi connectivity index (χ3n) is 3.61. The lowest BCUT2D eigenvalue weighted by Gasteiger charge is -2.27. The quantitative estimate of drug-likeness (QED) is 0.860. The monoisotopic (exact) mass is 267 g/mol. The van der Waals surface area contributed by atoms with E-state index in [1.54, 1.807) is 11.3 Å². The highest BCUT2D eigenvalue weighted by atomic mass is 32.1. The number of nitrogens with one attached hydrogen (secondary N) is 1. The van der Waals surface area contributed by atoms with Crippen molar-refractivity contribution in [2.75, 3.05) is 6.54 Å².